The minimum absolute atomic E-state index is 0.562. The van der Waals surface area contributed by atoms with E-state index in [0.29, 0.717) is 14.8 Å². The van der Waals surface area contributed by atoms with Crippen molar-refractivity contribution in [1.82, 2.24) is 9.55 Å². The number of nitrogens with zero attached hydrogens (tertiary/aromatic N) is 1. The summed E-state index contributed by atoms with van der Waals surface area (Å²) < 4.78 is 7.71. The van der Waals surface area contributed by atoms with E-state index in [9.17, 15) is 0 Å². The maximum Gasteiger partial charge on any atom is 0.182 e. The average Bonchev–Trinajstić information content (AvgIpc) is 2.72. The first-order chi connectivity index (χ1) is 9.58. The van der Waals surface area contributed by atoms with E-state index in [-0.39, 0.29) is 0 Å². The van der Waals surface area contributed by atoms with Crippen LogP contribution in [-0.2, 0) is 0 Å². The Morgan fingerprint density at radius 2 is 1.80 bits per heavy atom. The summed E-state index contributed by atoms with van der Waals surface area (Å²) >= 11 is 17.5. The zero-order valence-electron chi connectivity index (χ0n) is 10.5. The molecule has 20 heavy (non-hydrogen) atoms. The van der Waals surface area contributed by atoms with Gasteiger partial charge < -0.3 is 9.72 Å². The standard InChI is InChI=1S/C14H10Cl2N2OS/c1-19-11-2-3-12-13(7-11)18(14(20)17-12)10-5-8(15)4-9(16)6-10/h2-7H,1H3,(H,17,20). The number of nitrogens with one attached hydrogen (secondary N) is 1. The van der Waals surface area contributed by atoms with Gasteiger partial charge >= 0.3 is 0 Å². The molecule has 0 aliphatic carbocycles. The van der Waals surface area contributed by atoms with Crippen LogP contribution in [-0.4, -0.2) is 16.7 Å². The molecule has 1 N–H and O–H groups in total. The summed E-state index contributed by atoms with van der Waals surface area (Å²) in [5.74, 6) is 0.758. The number of ether oxygens (including phenoxy) is 1. The van der Waals surface area contributed by atoms with Crippen molar-refractivity contribution in [2.24, 2.45) is 0 Å². The van der Waals surface area contributed by atoms with Crippen LogP contribution in [0.3, 0.4) is 0 Å². The van der Waals surface area contributed by atoms with Gasteiger partial charge in [-0.05, 0) is 42.5 Å². The summed E-state index contributed by atoms with van der Waals surface area (Å²) in [6, 6.07) is 11.0. The Morgan fingerprint density at radius 3 is 2.45 bits per heavy atom. The Hall–Kier alpha value is -1.49. The number of H-pyrrole nitrogens is 1. The lowest BCUT2D eigenvalue weighted by atomic mass is 10.2. The molecule has 0 amide bonds. The maximum absolute atomic E-state index is 6.06. The van der Waals surface area contributed by atoms with E-state index < -0.39 is 0 Å². The highest BCUT2D eigenvalue weighted by atomic mass is 35.5. The highest BCUT2D eigenvalue weighted by molar-refractivity contribution is 7.71. The molecule has 0 radical (unpaired) electrons. The van der Waals surface area contributed by atoms with Crippen LogP contribution in [0.5, 0.6) is 5.75 Å². The van der Waals surface area contributed by atoms with Crippen LogP contribution < -0.4 is 4.74 Å². The number of imidazole rings is 1. The van der Waals surface area contributed by atoms with Crippen molar-refractivity contribution < 1.29 is 4.74 Å². The Labute approximate surface area is 130 Å². The number of aromatic amines is 1. The number of aromatic nitrogens is 2. The van der Waals surface area contributed by atoms with Crippen LogP contribution in [0.1, 0.15) is 0 Å². The molecule has 1 aromatic heterocycles. The molecule has 0 unspecified atom stereocenters. The highest BCUT2D eigenvalue weighted by Gasteiger charge is 2.09. The molecule has 0 atom stereocenters. The fourth-order valence-electron chi connectivity index (χ4n) is 2.13. The van der Waals surface area contributed by atoms with Crippen LogP contribution in [0.15, 0.2) is 36.4 Å². The second-order valence-electron chi connectivity index (χ2n) is 4.28. The van der Waals surface area contributed by atoms with E-state index in [1.807, 2.05) is 34.9 Å². The van der Waals surface area contributed by atoms with Crippen LogP contribution in [0.2, 0.25) is 10.0 Å². The van der Waals surface area contributed by atoms with Gasteiger partial charge in [0.15, 0.2) is 4.77 Å². The van der Waals surface area contributed by atoms with Gasteiger partial charge in [0.25, 0.3) is 0 Å². The fourth-order valence-corrected chi connectivity index (χ4v) is 2.96. The van der Waals surface area contributed by atoms with E-state index >= 15 is 0 Å². The first-order valence-electron chi connectivity index (χ1n) is 5.84. The molecular formula is C14H10Cl2N2OS. The molecule has 0 bridgehead atoms. The molecule has 0 saturated carbocycles. The molecular weight excluding hydrogens is 315 g/mol. The quantitative estimate of drug-likeness (QED) is 0.672. The molecule has 3 nitrogen and oxygen atoms in total. The number of fused-ring (bicyclic) bond motifs is 1. The Balaban J connectivity index is 2.34. The molecule has 102 valence electrons. The minimum Gasteiger partial charge on any atom is -0.497 e. The van der Waals surface area contributed by atoms with Gasteiger partial charge in [-0.2, -0.15) is 0 Å². The van der Waals surface area contributed by atoms with Crippen LogP contribution >= 0.6 is 35.4 Å². The second kappa shape index (κ2) is 5.13. The van der Waals surface area contributed by atoms with Crippen molar-refractivity contribution in [3.8, 4) is 11.4 Å². The van der Waals surface area contributed by atoms with E-state index in [1.54, 1.807) is 13.2 Å². The van der Waals surface area contributed by atoms with Gasteiger partial charge in [0.1, 0.15) is 5.75 Å². The highest BCUT2D eigenvalue weighted by Crippen LogP contribution is 2.27. The number of hydrogen-bond acceptors (Lipinski definition) is 2. The number of methoxy groups -OCH3 is 1. The lowest BCUT2D eigenvalue weighted by molar-refractivity contribution is 0.415. The molecule has 6 heteroatoms. The monoisotopic (exact) mass is 324 g/mol. The van der Waals surface area contributed by atoms with Crippen molar-refractivity contribution in [2.75, 3.05) is 7.11 Å². The van der Waals surface area contributed by atoms with Gasteiger partial charge in [-0.15, -0.1) is 0 Å². The summed E-state index contributed by atoms with van der Waals surface area (Å²) in [6.07, 6.45) is 0. The summed E-state index contributed by atoms with van der Waals surface area (Å²) in [5.41, 5.74) is 2.64. The third kappa shape index (κ3) is 2.30. The first-order valence-corrected chi connectivity index (χ1v) is 7.00. The molecule has 3 aromatic rings. The first kappa shape index (κ1) is 13.5. The van der Waals surface area contributed by atoms with Crippen molar-refractivity contribution in [1.29, 1.82) is 0 Å². The van der Waals surface area contributed by atoms with Crippen molar-refractivity contribution >= 4 is 46.5 Å². The third-order valence-corrected chi connectivity index (χ3v) is 3.72. The van der Waals surface area contributed by atoms with Crippen LogP contribution in [0.25, 0.3) is 16.7 Å². The van der Waals surface area contributed by atoms with Gasteiger partial charge in [0.05, 0.1) is 23.8 Å². The Bertz CT molecular complexity index is 834. The zero-order valence-corrected chi connectivity index (χ0v) is 12.8. The second-order valence-corrected chi connectivity index (χ2v) is 5.54. The predicted molar refractivity (Wildman–Crippen MR) is 85.0 cm³/mol. The third-order valence-electron chi connectivity index (χ3n) is 3.00. The number of hydrogen-bond donors (Lipinski definition) is 1. The lowest BCUT2D eigenvalue weighted by Gasteiger charge is -2.07. The maximum atomic E-state index is 6.06. The smallest absolute Gasteiger partial charge is 0.182 e. The van der Waals surface area contributed by atoms with Crippen LogP contribution in [0.4, 0.5) is 0 Å². The predicted octanol–water partition coefficient (Wildman–Crippen LogP) is 5.00. The molecule has 0 spiro atoms. The summed E-state index contributed by atoms with van der Waals surface area (Å²) in [5, 5.41) is 1.12. The fraction of sp³-hybridized carbons (Fsp3) is 0.0714. The van der Waals surface area contributed by atoms with Gasteiger partial charge in [0, 0.05) is 16.1 Å². The SMILES string of the molecule is COc1ccc2[nH]c(=S)n(-c3cc(Cl)cc(Cl)c3)c2c1. The summed E-state index contributed by atoms with van der Waals surface area (Å²) in [6.45, 7) is 0. The minimum atomic E-state index is 0.562. The lowest BCUT2D eigenvalue weighted by Crippen LogP contribution is -1.94. The van der Waals surface area contributed by atoms with E-state index in [4.69, 9.17) is 40.2 Å². The van der Waals surface area contributed by atoms with Gasteiger partial charge in [0.2, 0.25) is 0 Å². The molecule has 0 aliphatic rings. The van der Waals surface area contributed by atoms with Gasteiger partial charge in [-0.25, -0.2) is 0 Å². The molecule has 2 aromatic carbocycles. The number of benzene rings is 2. The molecule has 0 saturated heterocycles. The molecule has 0 aliphatic heterocycles. The Kier molecular flexibility index (Phi) is 3.46. The number of rotatable bonds is 2. The topological polar surface area (TPSA) is 29.9 Å². The number of halogens is 2. The van der Waals surface area contributed by atoms with Gasteiger partial charge in [-0.1, -0.05) is 23.2 Å². The van der Waals surface area contributed by atoms with Crippen molar-refractivity contribution in [2.45, 2.75) is 0 Å². The van der Waals surface area contributed by atoms with Crippen molar-refractivity contribution in [3.05, 3.63) is 51.2 Å². The van der Waals surface area contributed by atoms with E-state index in [1.165, 1.54) is 0 Å². The Morgan fingerprint density at radius 1 is 1.10 bits per heavy atom. The van der Waals surface area contributed by atoms with Crippen molar-refractivity contribution in [3.63, 3.8) is 0 Å². The largest absolute Gasteiger partial charge is 0.497 e. The average molecular weight is 325 g/mol. The summed E-state index contributed by atoms with van der Waals surface area (Å²) in [4.78, 5) is 3.15. The zero-order chi connectivity index (χ0) is 14.3. The molecule has 1 heterocycles. The summed E-state index contributed by atoms with van der Waals surface area (Å²) in [7, 11) is 1.63. The van der Waals surface area contributed by atoms with E-state index in [2.05, 4.69) is 4.98 Å². The molecule has 0 fully saturated rings. The van der Waals surface area contributed by atoms with E-state index in [0.717, 1.165) is 22.5 Å². The normalized spacial score (nSPS) is 10.9. The molecule has 3 rings (SSSR count). The van der Waals surface area contributed by atoms with Crippen LogP contribution in [0, 0.1) is 4.77 Å². The van der Waals surface area contributed by atoms with Gasteiger partial charge in [-0.3, -0.25) is 4.57 Å².